The van der Waals surface area contributed by atoms with Crippen molar-refractivity contribution < 1.29 is 18.3 Å². The zero-order chi connectivity index (χ0) is 14.0. The molecule has 0 bridgehead atoms. The van der Waals surface area contributed by atoms with Crippen LogP contribution in [-0.4, -0.2) is 48.1 Å². The summed E-state index contributed by atoms with van der Waals surface area (Å²) in [5.74, 6) is -0.104. The molecule has 9 heteroatoms. The Kier molecular flexibility index (Phi) is 3.88. The SMILES string of the molecule is NS(=O)(=O)CC1CC(=O)N(c2ccnn2CCO)C1. The van der Waals surface area contributed by atoms with Crippen LogP contribution in [0.2, 0.25) is 0 Å². The Balaban J connectivity index is 2.13. The van der Waals surface area contributed by atoms with Crippen LogP contribution in [0.5, 0.6) is 0 Å². The van der Waals surface area contributed by atoms with Crippen molar-refractivity contribution in [2.75, 3.05) is 23.8 Å². The Morgan fingerprint density at radius 3 is 2.89 bits per heavy atom. The third-order valence-electron chi connectivity index (χ3n) is 2.96. The van der Waals surface area contributed by atoms with E-state index in [-0.39, 0.29) is 37.2 Å². The first kappa shape index (κ1) is 14.0. The van der Waals surface area contributed by atoms with Crippen LogP contribution in [0.4, 0.5) is 5.82 Å². The molecule has 1 saturated heterocycles. The molecule has 19 heavy (non-hydrogen) atoms. The van der Waals surface area contributed by atoms with E-state index in [0.29, 0.717) is 12.4 Å². The number of nitrogens with zero attached hydrogens (tertiary/aromatic N) is 3. The highest BCUT2D eigenvalue weighted by Crippen LogP contribution is 2.25. The lowest BCUT2D eigenvalue weighted by atomic mass is 10.1. The van der Waals surface area contributed by atoms with Crippen molar-refractivity contribution in [1.82, 2.24) is 9.78 Å². The fraction of sp³-hybridized carbons (Fsp3) is 0.600. The normalized spacial score (nSPS) is 20.2. The second-order valence-electron chi connectivity index (χ2n) is 4.54. The van der Waals surface area contributed by atoms with Crippen molar-refractivity contribution in [2.24, 2.45) is 11.1 Å². The molecule has 0 aromatic carbocycles. The number of aromatic nitrogens is 2. The number of carbonyl (C=O) groups excluding carboxylic acids is 1. The van der Waals surface area contributed by atoms with Gasteiger partial charge in [0.25, 0.3) is 0 Å². The maximum Gasteiger partial charge on any atom is 0.228 e. The number of anilines is 1. The molecule has 106 valence electrons. The van der Waals surface area contributed by atoms with E-state index >= 15 is 0 Å². The van der Waals surface area contributed by atoms with Crippen molar-refractivity contribution in [3.8, 4) is 0 Å². The van der Waals surface area contributed by atoms with Crippen molar-refractivity contribution >= 4 is 21.7 Å². The number of amides is 1. The average Bonchev–Trinajstić information content (AvgIpc) is 2.83. The van der Waals surface area contributed by atoms with Gasteiger partial charge in [-0.1, -0.05) is 0 Å². The summed E-state index contributed by atoms with van der Waals surface area (Å²) in [5.41, 5.74) is 0. The van der Waals surface area contributed by atoms with Crippen LogP contribution in [0.1, 0.15) is 6.42 Å². The van der Waals surface area contributed by atoms with E-state index in [4.69, 9.17) is 10.2 Å². The van der Waals surface area contributed by atoms with Gasteiger partial charge in [-0.25, -0.2) is 18.2 Å². The van der Waals surface area contributed by atoms with E-state index in [2.05, 4.69) is 5.10 Å². The minimum absolute atomic E-state index is 0.0860. The molecule has 1 aromatic rings. The largest absolute Gasteiger partial charge is 0.394 e. The molecule has 0 radical (unpaired) electrons. The summed E-state index contributed by atoms with van der Waals surface area (Å²) in [6.07, 6.45) is 1.69. The monoisotopic (exact) mass is 288 g/mol. The van der Waals surface area contributed by atoms with Gasteiger partial charge in [-0.3, -0.25) is 9.69 Å². The molecule has 0 aliphatic carbocycles. The van der Waals surface area contributed by atoms with Gasteiger partial charge in [0, 0.05) is 24.9 Å². The molecular formula is C10H16N4O4S. The van der Waals surface area contributed by atoms with Crippen LogP contribution in [0.25, 0.3) is 0 Å². The summed E-state index contributed by atoms with van der Waals surface area (Å²) < 4.78 is 23.6. The van der Waals surface area contributed by atoms with Crippen LogP contribution < -0.4 is 10.0 Å². The maximum absolute atomic E-state index is 11.9. The Bertz CT molecular complexity index is 568. The summed E-state index contributed by atoms with van der Waals surface area (Å²) in [6.45, 7) is 0.496. The quantitative estimate of drug-likeness (QED) is 0.684. The molecule has 1 aromatic heterocycles. The van der Waals surface area contributed by atoms with Crippen molar-refractivity contribution in [3.63, 3.8) is 0 Å². The van der Waals surface area contributed by atoms with Gasteiger partial charge in [0.2, 0.25) is 15.9 Å². The topological polar surface area (TPSA) is 119 Å². The first-order chi connectivity index (χ1) is 8.90. The van der Waals surface area contributed by atoms with E-state index in [0.717, 1.165) is 0 Å². The first-order valence-electron chi connectivity index (χ1n) is 5.84. The zero-order valence-corrected chi connectivity index (χ0v) is 11.1. The highest BCUT2D eigenvalue weighted by atomic mass is 32.2. The van der Waals surface area contributed by atoms with Gasteiger partial charge in [0.1, 0.15) is 5.82 Å². The molecule has 1 atom stereocenters. The summed E-state index contributed by atoms with van der Waals surface area (Å²) in [5, 5.41) is 17.9. The van der Waals surface area contributed by atoms with E-state index in [1.54, 1.807) is 6.07 Å². The number of aliphatic hydroxyl groups is 1. The molecule has 1 fully saturated rings. The summed E-state index contributed by atoms with van der Waals surface area (Å²) in [7, 11) is -3.58. The predicted octanol–water partition coefficient (Wildman–Crippen LogP) is -1.48. The lowest BCUT2D eigenvalue weighted by Gasteiger charge is -2.17. The van der Waals surface area contributed by atoms with Crippen LogP contribution in [0, 0.1) is 5.92 Å². The minimum atomic E-state index is -3.58. The van der Waals surface area contributed by atoms with Gasteiger partial charge >= 0.3 is 0 Å². The van der Waals surface area contributed by atoms with Crippen molar-refractivity contribution in [3.05, 3.63) is 12.3 Å². The molecule has 2 heterocycles. The Hall–Kier alpha value is -1.45. The summed E-state index contributed by atoms with van der Waals surface area (Å²) in [4.78, 5) is 13.4. The minimum Gasteiger partial charge on any atom is -0.394 e. The lowest BCUT2D eigenvalue weighted by Crippen LogP contribution is -2.29. The smallest absolute Gasteiger partial charge is 0.228 e. The third-order valence-corrected chi connectivity index (χ3v) is 3.89. The number of primary sulfonamides is 1. The third kappa shape index (κ3) is 3.31. The lowest BCUT2D eigenvalue weighted by molar-refractivity contribution is -0.117. The fourth-order valence-corrected chi connectivity index (χ4v) is 3.15. The Morgan fingerprint density at radius 1 is 1.53 bits per heavy atom. The highest BCUT2D eigenvalue weighted by molar-refractivity contribution is 7.89. The van der Waals surface area contributed by atoms with Gasteiger partial charge in [0.05, 0.1) is 25.1 Å². The van der Waals surface area contributed by atoms with Gasteiger partial charge in [-0.2, -0.15) is 5.10 Å². The maximum atomic E-state index is 11.9. The molecule has 0 spiro atoms. The number of hydrogen-bond acceptors (Lipinski definition) is 5. The second-order valence-corrected chi connectivity index (χ2v) is 6.20. The molecule has 1 aliphatic heterocycles. The number of aliphatic hydroxyl groups excluding tert-OH is 1. The molecule has 2 rings (SSSR count). The second kappa shape index (κ2) is 5.27. The summed E-state index contributed by atoms with van der Waals surface area (Å²) in [6, 6.07) is 1.66. The molecule has 1 aliphatic rings. The standard InChI is InChI=1S/C10H16N4O4S/c11-19(17,18)7-8-5-10(16)13(6-8)9-1-2-12-14(9)3-4-15/h1-2,8,15H,3-7H2,(H2,11,17,18). The number of carbonyl (C=O) groups is 1. The van der Waals surface area contributed by atoms with Crippen LogP contribution in [-0.2, 0) is 21.4 Å². The van der Waals surface area contributed by atoms with Crippen molar-refractivity contribution in [2.45, 2.75) is 13.0 Å². The molecule has 1 amide bonds. The van der Waals surface area contributed by atoms with Gasteiger partial charge in [-0.15, -0.1) is 0 Å². The number of hydrogen-bond donors (Lipinski definition) is 2. The Labute approximate surface area is 110 Å². The number of rotatable bonds is 5. The number of sulfonamides is 1. The zero-order valence-electron chi connectivity index (χ0n) is 10.3. The Morgan fingerprint density at radius 2 is 2.26 bits per heavy atom. The first-order valence-corrected chi connectivity index (χ1v) is 7.56. The fourth-order valence-electron chi connectivity index (χ4n) is 2.27. The van der Waals surface area contributed by atoms with Gasteiger partial charge in [0.15, 0.2) is 0 Å². The van der Waals surface area contributed by atoms with Crippen molar-refractivity contribution in [1.29, 1.82) is 0 Å². The van der Waals surface area contributed by atoms with Gasteiger partial charge < -0.3 is 5.11 Å². The molecule has 3 N–H and O–H groups in total. The summed E-state index contributed by atoms with van der Waals surface area (Å²) >= 11 is 0. The number of nitrogens with two attached hydrogens (primary N) is 1. The van der Waals surface area contributed by atoms with E-state index in [9.17, 15) is 13.2 Å². The molecule has 1 unspecified atom stereocenters. The molecular weight excluding hydrogens is 272 g/mol. The van der Waals surface area contributed by atoms with E-state index in [1.165, 1.54) is 15.8 Å². The molecule has 0 saturated carbocycles. The molecule has 8 nitrogen and oxygen atoms in total. The van der Waals surface area contributed by atoms with Crippen LogP contribution in [0.15, 0.2) is 12.3 Å². The van der Waals surface area contributed by atoms with Crippen LogP contribution >= 0.6 is 0 Å². The van der Waals surface area contributed by atoms with E-state index < -0.39 is 10.0 Å². The predicted molar refractivity (Wildman–Crippen MR) is 67.7 cm³/mol. The van der Waals surface area contributed by atoms with Crippen LogP contribution in [0.3, 0.4) is 0 Å². The average molecular weight is 288 g/mol. The highest BCUT2D eigenvalue weighted by Gasteiger charge is 2.34. The van der Waals surface area contributed by atoms with E-state index in [1.807, 2.05) is 0 Å². The van der Waals surface area contributed by atoms with Gasteiger partial charge in [-0.05, 0) is 0 Å².